The van der Waals surface area contributed by atoms with E-state index in [-0.39, 0.29) is 28.4 Å². The molecule has 0 saturated heterocycles. The Bertz CT molecular complexity index is 1400. The summed E-state index contributed by atoms with van der Waals surface area (Å²) >= 11 is 0. The summed E-state index contributed by atoms with van der Waals surface area (Å²) in [6.07, 6.45) is 8.60. The van der Waals surface area contributed by atoms with E-state index in [4.69, 9.17) is 9.47 Å². The summed E-state index contributed by atoms with van der Waals surface area (Å²) in [6.45, 7) is 4.71. The molecule has 2 heterocycles. The third-order valence-electron chi connectivity index (χ3n) is 6.26. The number of methoxy groups -OCH3 is 2. The monoisotopic (exact) mass is 520 g/mol. The lowest BCUT2D eigenvalue weighted by Gasteiger charge is -2.13. The Morgan fingerprint density at radius 1 is 0.833 bits per heavy atom. The van der Waals surface area contributed by atoms with Gasteiger partial charge in [0.25, 0.3) is 15.6 Å². The number of benzene rings is 1. The highest BCUT2D eigenvalue weighted by molar-refractivity contribution is 7.90. The van der Waals surface area contributed by atoms with Crippen molar-refractivity contribution in [3.63, 3.8) is 0 Å². The third kappa shape index (κ3) is 5.50. The fraction of sp³-hybridized carbons (Fsp3) is 0.560. The minimum atomic E-state index is -4.21. The van der Waals surface area contributed by atoms with Crippen LogP contribution in [0.2, 0.25) is 0 Å². The molecule has 0 amide bonds. The van der Waals surface area contributed by atoms with Crippen LogP contribution in [-0.2, 0) is 23.1 Å². The number of hydrogen-bond donors (Lipinski definition) is 0. The van der Waals surface area contributed by atoms with Crippen LogP contribution in [0.4, 0.5) is 0 Å². The number of imidazole rings is 1. The van der Waals surface area contributed by atoms with Crippen LogP contribution >= 0.6 is 0 Å². The minimum Gasteiger partial charge on any atom is -0.493 e. The molecule has 0 unspecified atom stereocenters. The molecule has 0 spiro atoms. The van der Waals surface area contributed by atoms with Crippen molar-refractivity contribution in [1.29, 1.82) is 0 Å². The summed E-state index contributed by atoms with van der Waals surface area (Å²) in [6, 6.07) is 4.20. The number of fused-ring (bicyclic) bond motifs is 1. The number of aromatic nitrogens is 4. The summed E-state index contributed by atoms with van der Waals surface area (Å²) in [5.41, 5.74) is -1.17. The first-order chi connectivity index (χ1) is 17.3. The molecule has 3 rings (SSSR count). The first-order valence-electron chi connectivity index (χ1n) is 12.5. The Morgan fingerprint density at radius 2 is 1.47 bits per heavy atom. The maximum absolute atomic E-state index is 13.6. The molecule has 0 N–H and O–H groups in total. The molecule has 2 aromatic heterocycles. The zero-order valence-electron chi connectivity index (χ0n) is 21.5. The predicted octanol–water partition coefficient (Wildman–Crippen LogP) is 3.77. The second-order valence-corrected chi connectivity index (χ2v) is 10.6. The van der Waals surface area contributed by atoms with E-state index < -0.39 is 21.3 Å². The highest BCUT2D eigenvalue weighted by Gasteiger charge is 2.26. The topological polar surface area (TPSA) is 114 Å². The number of unbranched alkanes of at least 4 members (excludes halogenated alkanes) is 6. The number of aryl methyl sites for hydroxylation is 1. The van der Waals surface area contributed by atoms with Gasteiger partial charge in [0.15, 0.2) is 22.7 Å². The smallest absolute Gasteiger partial charge is 0.332 e. The zero-order valence-corrected chi connectivity index (χ0v) is 22.3. The van der Waals surface area contributed by atoms with Gasteiger partial charge in [-0.2, -0.15) is 0 Å². The Hall–Kier alpha value is -3.08. The molecule has 0 aliphatic heterocycles. The van der Waals surface area contributed by atoms with Gasteiger partial charge in [-0.25, -0.2) is 22.2 Å². The first-order valence-corrected chi connectivity index (χ1v) is 13.9. The Kier molecular flexibility index (Phi) is 9.36. The average molecular weight is 521 g/mol. The molecule has 0 saturated carbocycles. The largest absolute Gasteiger partial charge is 0.493 e. The summed E-state index contributed by atoms with van der Waals surface area (Å²) in [5.74, 6) is 0.616. The molecule has 198 valence electrons. The molecule has 0 bridgehead atoms. The van der Waals surface area contributed by atoms with Crippen molar-refractivity contribution in [3.8, 4) is 11.5 Å². The molecule has 0 radical (unpaired) electrons. The number of hydrogen-bond acceptors (Lipinski definition) is 7. The van der Waals surface area contributed by atoms with Crippen LogP contribution in [-0.4, -0.2) is 40.7 Å². The van der Waals surface area contributed by atoms with Crippen molar-refractivity contribution in [3.05, 3.63) is 45.4 Å². The van der Waals surface area contributed by atoms with E-state index in [1.54, 1.807) is 0 Å². The molecular weight excluding hydrogens is 484 g/mol. The molecule has 11 heteroatoms. The number of ether oxygens (including phenoxy) is 2. The van der Waals surface area contributed by atoms with Gasteiger partial charge < -0.3 is 9.47 Å². The van der Waals surface area contributed by atoms with Crippen molar-refractivity contribution in [2.75, 3.05) is 14.2 Å². The van der Waals surface area contributed by atoms with Crippen molar-refractivity contribution in [1.82, 2.24) is 18.1 Å². The molecule has 0 aliphatic rings. The molecule has 3 aromatic rings. The molecule has 0 aliphatic carbocycles. The predicted molar refractivity (Wildman–Crippen MR) is 139 cm³/mol. The van der Waals surface area contributed by atoms with Crippen LogP contribution in [0.25, 0.3) is 11.2 Å². The maximum Gasteiger partial charge on any atom is 0.332 e. The van der Waals surface area contributed by atoms with Gasteiger partial charge in [-0.05, 0) is 25.0 Å². The molecule has 0 fully saturated rings. The van der Waals surface area contributed by atoms with E-state index in [0.717, 1.165) is 53.4 Å². The lowest BCUT2D eigenvalue weighted by Crippen LogP contribution is -2.41. The maximum atomic E-state index is 13.6. The highest BCUT2D eigenvalue weighted by atomic mass is 32.2. The van der Waals surface area contributed by atoms with Gasteiger partial charge >= 0.3 is 5.69 Å². The highest BCUT2D eigenvalue weighted by Crippen LogP contribution is 2.30. The van der Waals surface area contributed by atoms with Crippen molar-refractivity contribution in [2.45, 2.75) is 83.2 Å². The van der Waals surface area contributed by atoms with Gasteiger partial charge in [0.2, 0.25) is 0 Å². The van der Waals surface area contributed by atoms with Crippen LogP contribution in [0.1, 0.15) is 65.2 Å². The fourth-order valence-corrected chi connectivity index (χ4v) is 5.50. The van der Waals surface area contributed by atoms with E-state index in [0.29, 0.717) is 25.1 Å². The molecular formula is C25H36N4O6S. The van der Waals surface area contributed by atoms with E-state index in [9.17, 15) is 18.0 Å². The Morgan fingerprint density at radius 3 is 2.14 bits per heavy atom. The van der Waals surface area contributed by atoms with Gasteiger partial charge in [0.1, 0.15) is 6.33 Å². The second-order valence-electron chi connectivity index (χ2n) is 8.75. The van der Waals surface area contributed by atoms with Gasteiger partial charge in [-0.15, -0.1) is 0 Å². The van der Waals surface area contributed by atoms with Crippen LogP contribution < -0.4 is 20.7 Å². The van der Waals surface area contributed by atoms with Crippen molar-refractivity contribution < 1.29 is 17.9 Å². The van der Waals surface area contributed by atoms with Crippen LogP contribution in [0, 0.1) is 0 Å². The van der Waals surface area contributed by atoms with Crippen molar-refractivity contribution >= 4 is 21.2 Å². The standard InChI is InChI=1S/C25H36N4O6S/c1-5-7-9-10-11-12-16-28-24(30)22-23(27(25(28)31)15-8-6-2)26-18-29(22)36(32,33)19-13-14-20(34-3)21(17-19)35-4/h13-14,17-18H,5-12,15-16H2,1-4H3. The Labute approximate surface area is 211 Å². The summed E-state index contributed by atoms with van der Waals surface area (Å²) < 4.78 is 41.1. The van der Waals surface area contributed by atoms with E-state index in [2.05, 4.69) is 11.9 Å². The zero-order chi connectivity index (χ0) is 26.3. The quantitative estimate of drug-likeness (QED) is 0.297. The first kappa shape index (κ1) is 27.5. The van der Waals surface area contributed by atoms with Crippen molar-refractivity contribution in [2.24, 2.45) is 0 Å². The molecule has 10 nitrogen and oxygen atoms in total. The van der Waals surface area contributed by atoms with Gasteiger partial charge in [0.05, 0.1) is 19.1 Å². The molecule has 1 aromatic carbocycles. The number of nitrogens with zero attached hydrogens (tertiary/aromatic N) is 4. The van der Waals surface area contributed by atoms with E-state index in [1.165, 1.54) is 37.0 Å². The van der Waals surface area contributed by atoms with E-state index >= 15 is 0 Å². The SMILES string of the molecule is CCCCCCCCn1c(=O)c2c(ncn2S(=O)(=O)c2ccc(OC)c(OC)c2)n(CCCC)c1=O. The van der Waals surface area contributed by atoms with Crippen LogP contribution in [0.5, 0.6) is 11.5 Å². The molecule has 0 atom stereocenters. The van der Waals surface area contributed by atoms with E-state index in [1.807, 2.05) is 6.92 Å². The normalized spacial score (nSPS) is 11.8. The van der Waals surface area contributed by atoms with Gasteiger partial charge in [-0.1, -0.05) is 52.4 Å². The lowest BCUT2D eigenvalue weighted by atomic mass is 10.1. The third-order valence-corrected chi connectivity index (χ3v) is 7.91. The molecule has 36 heavy (non-hydrogen) atoms. The minimum absolute atomic E-state index is 0.0710. The summed E-state index contributed by atoms with van der Waals surface area (Å²) in [4.78, 5) is 30.9. The fourth-order valence-electron chi connectivity index (χ4n) is 4.20. The van der Waals surface area contributed by atoms with Gasteiger partial charge in [0, 0.05) is 19.2 Å². The lowest BCUT2D eigenvalue weighted by molar-refractivity contribution is 0.354. The van der Waals surface area contributed by atoms with Crippen LogP contribution in [0.15, 0.2) is 39.0 Å². The Balaban J connectivity index is 2.12. The second kappa shape index (κ2) is 12.2. The summed E-state index contributed by atoms with van der Waals surface area (Å²) in [5, 5.41) is 0. The average Bonchev–Trinajstić information content (AvgIpc) is 3.33. The van der Waals surface area contributed by atoms with Gasteiger partial charge in [-0.3, -0.25) is 13.9 Å². The summed E-state index contributed by atoms with van der Waals surface area (Å²) in [7, 11) is -1.35. The number of rotatable bonds is 14. The van der Waals surface area contributed by atoms with Crippen LogP contribution in [0.3, 0.4) is 0 Å².